The summed E-state index contributed by atoms with van der Waals surface area (Å²) in [5.41, 5.74) is 1.81. The van der Waals surface area contributed by atoms with E-state index in [1.165, 1.54) is 0 Å². The molecule has 0 bridgehead atoms. The van der Waals surface area contributed by atoms with E-state index in [1.54, 1.807) is 31.4 Å². The minimum absolute atomic E-state index is 0.0610. The molecule has 1 heterocycles. The molecule has 0 atom stereocenters. The summed E-state index contributed by atoms with van der Waals surface area (Å²) < 4.78 is 11.6. The fourth-order valence-electron chi connectivity index (χ4n) is 2.15. The van der Waals surface area contributed by atoms with Crippen LogP contribution in [0.5, 0.6) is 0 Å². The average Bonchev–Trinajstić information content (AvgIpc) is 2.79. The summed E-state index contributed by atoms with van der Waals surface area (Å²) in [4.78, 5) is 35.3. The van der Waals surface area contributed by atoms with Crippen molar-refractivity contribution in [1.82, 2.24) is 9.88 Å². The highest BCUT2D eigenvalue weighted by Crippen LogP contribution is 2.16. The molecule has 0 aliphatic rings. The number of rotatable bonds is 8. The van der Waals surface area contributed by atoms with Crippen molar-refractivity contribution in [3.8, 4) is 0 Å². The first kappa shape index (κ1) is 19.7. The van der Waals surface area contributed by atoms with E-state index in [0.717, 1.165) is 5.69 Å². The Labute approximate surface area is 142 Å². The third-order valence-electron chi connectivity index (χ3n) is 3.43. The molecule has 1 rings (SSSR count). The number of ether oxygens (including phenoxy) is 2. The number of hydrogen-bond acceptors (Lipinski definition) is 5. The second kappa shape index (κ2) is 9.10. The second-order valence-electron chi connectivity index (χ2n) is 5.95. The van der Waals surface area contributed by atoms with Crippen LogP contribution in [0.4, 0.5) is 0 Å². The van der Waals surface area contributed by atoms with Gasteiger partial charge in [-0.15, -0.1) is 0 Å². The summed E-state index contributed by atoms with van der Waals surface area (Å²) in [6, 6.07) is 1.68. The summed E-state index contributed by atoms with van der Waals surface area (Å²) in [6.07, 6.45) is 0. The van der Waals surface area contributed by atoms with Crippen LogP contribution in [0.25, 0.3) is 0 Å². The molecule has 0 radical (unpaired) electrons. The molecule has 0 aliphatic carbocycles. The molecule has 1 amide bonds. The van der Waals surface area contributed by atoms with Crippen LogP contribution >= 0.6 is 0 Å². The molecule has 0 saturated carbocycles. The van der Waals surface area contributed by atoms with Crippen LogP contribution in [-0.2, 0) is 25.6 Å². The van der Waals surface area contributed by atoms with E-state index < -0.39 is 11.9 Å². The third-order valence-corrected chi connectivity index (χ3v) is 3.43. The molecule has 134 valence electrons. The molecule has 1 aromatic rings. The van der Waals surface area contributed by atoms with Gasteiger partial charge in [-0.1, -0.05) is 13.8 Å². The lowest BCUT2D eigenvalue weighted by atomic mass is 10.2. The first-order valence-electron chi connectivity index (χ1n) is 8.02. The monoisotopic (exact) mass is 338 g/mol. The van der Waals surface area contributed by atoms with Gasteiger partial charge in [0.2, 0.25) is 0 Å². The molecule has 0 unspecified atom stereocenters. The molecule has 7 heteroatoms. The van der Waals surface area contributed by atoms with Gasteiger partial charge in [-0.3, -0.25) is 9.59 Å². The minimum Gasteiger partial charge on any atom is -0.462 e. The zero-order valence-corrected chi connectivity index (χ0v) is 15.0. The maximum absolute atomic E-state index is 11.9. The van der Waals surface area contributed by atoms with E-state index in [-0.39, 0.29) is 25.7 Å². The van der Waals surface area contributed by atoms with Crippen LogP contribution in [0.15, 0.2) is 6.07 Å². The van der Waals surface area contributed by atoms with Gasteiger partial charge in [0.05, 0.1) is 12.2 Å². The van der Waals surface area contributed by atoms with Crippen molar-refractivity contribution < 1.29 is 23.9 Å². The van der Waals surface area contributed by atoms with Gasteiger partial charge in [0.25, 0.3) is 5.91 Å². The quantitative estimate of drug-likeness (QED) is 0.728. The lowest BCUT2D eigenvalue weighted by molar-refractivity contribution is -0.149. The van der Waals surface area contributed by atoms with Crippen molar-refractivity contribution in [1.29, 1.82) is 0 Å². The number of esters is 2. The first-order chi connectivity index (χ1) is 11.3. The van der Waals surface area contributed by atoms with Crippen LogP contribution in [0.1, 0.15) is 42.5 Å². The van der Waals surface area contributed by atoms with Gasteiger partial charge in [0.15, 0.2) is 6.61 Å². The van der Waals surface area contributed by atoms with E-state index in [2.05, 4.69) is 5.32 Å². The number of nitrogens with one attached hydrogen (secondary N) is 1. The Morgan fingerprint density at radius 1 is 1.21 bits per heavy atom. The van der Waals surface area contributed by atoms with E-state index in [9.17, 15) is 14.4 Å². The van der Waals surface area contributed by atoms with Crippen LogP contribution in [0.3, 0.4) is 0 Å². The molecule has 7 nitrogen and oxygen atoms in total. The summed E-state index contributed by atoms with van der Waals surface area (Å²) in [6.45, 7) is 9.67. The number of hydrogen-bond donors (Lipinski definition) is 1. The molecule has 1 N–H and O–H groups in total. The Bertz CT molecular complexity index is 604. The highest BCUT2D eigenvalue weighted by atomic mass is 16.5. The van der Waals surface area contributed by atoms with Gasteiger partial charge in [0.1, 0.15) is 6.54 Å². The van der Waals surface area contributed by atoms with Gasteiger partial charge < -0.3 is 19.4 Å². The lowest BCUT2D eigenvalue weighted by Gasteiger charge is -2.11. The molecule has 1 aromatic heterocycles. The normalized spacial score (nSPS) is 10.6. The standard InChI is InChI=1S/C17H26N2O5/c1-6-23-17(22)14-7-12(4)19(13(14)5)9-16(21)24-10-15(20)18-8-11(2)3/h7,11H,6,8-10H2,1-5H3,(H,18,20). The predicted molar refractivity (Wildman–Crippen MR) is 88.7 cm³/mol. The maximum Gasteiger partial charge on any atom is 0.339 e. The van der Waals surface area contributed by atoms with Crippen LogP contribution in [0, 0.1) is 19.8 Å². The fourth-order valence-corrected chi connectivity index (χ4v) is 2.15. The predicted octanol–water partition coefficient (Wildman–Crippen LogP) is 1.60. The zero-order chi connectivity index (χ0) is 18.3. The van der Waals surface area contributed by atoms with E-state index in [1.807, 2.05) is 13.8 Å². The maximum atomic E-state index is 11.9. The third kappa shape index (κ3) is 5.72. The molecule has 0 saturated heterocycles. The van der Waals surface area contributed by atoms with Crippen molar-refractivity contribution in [2.75, 3.05) is 19.8 Å². The van der Waals surface area contributed by atoms with Gasteiger partial charge in [-0.25, -0.2) is 4.79 Å². The van der Waals surface area contributed by atoms with E-state index >= 15 is 0 Å². The van der Waals surface area contributed by atoms with E-state index in [0.29, 0.717) is 23.7 Å². The molecule has 24 heavy (non-hydrogen) atoms. The fraction of sp³-hybridized carbons (Fsp3) is 0.588. The van der Waals surface area contributed by atoms with Crippen LogP contribution in [0.2, 0.25) is 0 Å². The Balaban J connectivity index is 2.61. The van der Waals surface area contributed by atoms with Crippen molar-refractivity contribution in [3.05, 3.63) is 23.0 Å². The summed E-state index contributed by atoms with van der Waals surface area (Å²) in [7, 11) is 0. The number of nitrogens with zero attached hydrogens (tertiary/aromatic N) is 1. The SMILES string of the molecule is CCOC(=O)c1cc(C)n(CC(=O)OCC(=O)NCC(C)C)c1C. The van der Waals surface area contributed by atoms with Crippen molar-refractivity contribution in [3.63, 3.8) is 0 Å². The largest absolute Gasteiger partial charge is 0.462 e. The Morgan fingerprint density at radius 3 is 2.46 bits per heavy atom. The number of carbonyl (C=O) groups is 3. The Morgan fingerprint density at radius 2 is 1.88 bits per heavy atom. The van der Waals surface area contributed by atoms with Gasteiger partial charge >= 0.3 is 11.9 Å². The second-order valence-corrected chi connectivity index (χ2v) is 5.95. The number of aromatic nitrogens is 1. The van der Waals surface area contributed by atoms with Crippen molar-refractivity contribution in [2.45, 2.75) is 41.2 Å². The number of aryl methyl sites for hydroxylation is 1. The lowest BCUT2D eigenvalue weighted by Crippen LogP contribution is -2.32. The van der Waals surface area contributed by atoms with Crippen molar-refractivity contribution in [2.24, 2.45) is 5.92 Å². The topological polar surface area (TPSA) is 86.6 Å². The molecule has 0 aliphatic heterocycles. The van der Waals surface area contributed by atoms with Gasteiger partial charge in [-0.2, -0.15) is 0 Å². The molecule has 0 aromatic carbocycles. The highest BCUT2D eigenvalue weighted by Gasteiger charge is 2.18. The smallest absolute Gasteiger partial charge is 0.339 e. The van der Waals surface area contributed by atoms with Crippen LogP contribution in [-0.4, -0.2) is 42.2 Å². The summed E-state index contributed by atoms with van der Waals surface area (Å²) >= 11 is 0. The van der Waals surface area contributed by atoms with Crippen LogP contribution < -0.4 is 5.32 Å². The molecular formula is C17H26N2O5. The number of amides is 1. The average molecular weight is 338 g/mol. The van der Waals surface area contributed by atoms with Gasteiger partial charge in [-0.05, 0) is 32.8 Å². The number of carbonyl (C=O) groups excluding carboxylic acids is 3. The minimum atomic E-state index is -0.535. The highest BCUT2D eigenvalue weighted by molar-refractivity contribution is 5.91. The molecule has 0 spiro atoms. The Hall–Kier alpha value is -2.31. The van der Waals surface area contributed by atoms with E-state index in [4.69, 9.17) is 9.47 Å². The summed E-state index contributed by atoms with van der Waals surface area (Å²) in [5.74, 6) is -0.952. The first-order valence-corrected chi connectivity index (χ1v) is 8.02. The van der Waals surface area contributed by atoms with Gasteiger partial charge in [0, 0.05) is 17.9 Å². The molecular weight excluding hydrogens is 312 g/mol. The van der Waals surface area contributed by atoms with Crippen molar-refractivity contribution >= 4 is 17.8 Å². The summed E-state index contributed by atoms with van der Waals surface area (Å²) in [5, 5.41) is 2.67. The zero-order valence-electron chi connectivity index (χ0n) is 15.0. The Kier molecular flexibility index (Phi) is 7.48. The molecule has 0 fully saturated rings.